The van der Waals surface area contributed by atoms with Gasteiger partial charge in [-0.25, -0.2) is 0 Å². The number of aliphatic hydroxyl groups is 3. The molecule has 0 aromatic heterocycles. The van der Waals surface area contributed by atoms with Crippen molar-refractivity contribution in [3.05, 3.63) is 30.9 Å². The quantitative estimate of drug-likeness (QED) is 0.0362. The second-order valence-electron chi connectivity index (χ2n) is 29.2. The van der Waals surface area contributed by atoms with Gasteiger partial charge in [-0.05, 0) is 239 Å². The fourth-order valence-electron chi connectivity index (χ4n) is 23.3. The molecule has 0 saturated heterocycles. The molecule has 0 aliphatic heterocycles. The Balaban J connectivity index is 0.000000249. The summed E-state index contributed by atoms with van der Waals surface area (Å²) in [6.45, 7) is 41.1. The van der Waals surface area contributed by atoms with Crippen molar-refractivity contribution in [1.82, 2.24) is 0 Å². The first-order valence-corrected chi connectivity index (χ1v) is 29.8. The first-order valence-electron chi connectivity index (χ1n) is 29.8. The standard InChI is InChI=1S/C31H51NO2.C30H47NO3.C2H7NO.CN.B.Na/c1-8-31-16-11-21(20(2)3)26(31)22-9-10-24-27(4)14-13-25(32-34)28(5,19-33)23(27)12-15-30(24,7)29(22,6)17-18-31;1-19(2)20-9-14-30(18-33)16-15-28(5)21(25(20)30)7-8-23-26(3)12-11-24(31-34)27(4,17-32)22(26)10-13-29(23,28)6;3-1-2-4;1-2;;/h21-24,26,33-34H,2,8-19H2,1,3-7H3;18,20-23,25,32,34H,1,7-17H2,2-6H3;4H,1-3H2;;;/q;;;-1;;+1/b32-25-;31-24-;;;;/t21-,22+,23+,24+,26+,27-,28+,29+,30+,31+;20-,21+,22+,23+,25+,26-,27+,28+,29+,30+;;;;/m00..../s1. The number of oxime groups is 2. The van der Waals surface area contributed by atoms with Gasteiger partial charge >= 0.3 is 29.6 Å². The summed E-state index contributed by atoms with van der Waals surface area (Å²) < 4.78 is 0. The molecule has 20 atom stereocenters. The Labute approximate surface area is 486 Å². The third-order valence-electron chi connectivity index (χ3n) is 27.5. The summed E-state index contributed by atoms with van der Waals surface area (Å²) in [5.41, 5.74) is 10.2. The molecular formula is C64H105BN4NaO6. The molecule has 0 amide bonds. The number of fused-ring (bicyclic) bond motifs is 14. The van der Waals surface area contributed by atoms with Crippen molar-refractivity contribution in [3.8, 4) is 0 Å². The first-order chi connectivity index (χ1) is 34.9. The van der Waals surface area contributed by atoms with E-state index >= 15 is 0 Å². The molecule has 10 aliphatic carbocycles. The van der Waals surface area contributed by atoms with E-state index in [2.05, 4.69) is 99.6 Å². The summed E-state index contributed by atoms with van der Waals surface area (Å²) in [6.07, 6.45) is 26.1. The molecule has 10 aliphatic rings. The molecule has 0 spiro atoms. The zero-order valence-corrected chi connectivity index (χ0v) is 52.1. The Bertz CT molecular complexity index is 2190. The number of nitrogens with two attached hydrogens (primary N) is 1. The number of hydrogen-bond donors (Lipinski definition) is 6. The van der Waals surface area contributed by atoms with Gasteiger partial charge in [-0.1, -0.05) is 103 Å². The number of aldehydes is 1. The predicted octanol–water partition coefficient (Wildman–Crippen LogP) is 10.2. The molecule has 0 bridgehead atoms. The average Bonchev–Trinajstić information content (AvgIpc) is 3.98. The van der Waals surface area contributed by atoms with Crippen LogP contribution in [-0.4, -0.2) is 78.2 Å². The third-order valence-corrected chi connectivity index (χ3v) is 27.5. The molecule has 0 aromatic rings. The van der Waals surface area contributed by atoms with E-state index < -0.39 is 5.41 Å². The van der Waals surface area contributed by atoms with Crippen molar-refractivity contribution in [3.63, 3.8) is 0 Å². The van der Waals surface area contributed by atoms with E-state index in [0.717, 1.165) is 93.9 Å². The Kier molecular flexibility index (Phi) is 20.1. The molecule has 10 saturated carbocycles. The zero-order chi connectivity index (χ0) is 54.9. The second kappa shape index (κ2) is 23.4. The summed E-state index contributed by atoms with van der Waals surface area (Å²) in [4.78, 5) is 12.6. The van der Waals surface area contributed by atoms with Crippen LogP contribution in [0, 0.1) is 125 Å². The van der Waals surface area contributed by atoms with Gasteiger partial charge in [0.2, 0.25) is 0 Å². The van der Waals surface area contributed by atoms with Crippen LogP contribution in [0.5, 0.6) is 0 Å². The molecule has 7 N–H and O–H groups in total. The van der Waals surface area contributed by atoms with Gasteiger partial charge in [0.25, 0.3) is 0 Å². The predicted molar refractivity (Wildman–Crippen MR) is 302 cm³/mol. The van der Waals surface area contributed by atoms with E-state index in [9.17, 15) is 25.4 Å². The molecule has 0 aromatic carbocycles. The Morgan fingerprint density at radius 2 is 1.01 bits per heavy atom. The fraction of sp³-hybridized carbons (Fsp3) is 0.875. The first kappa shape index (κ1) is 65.3. The van der Waals surface area contributed by atoms with E-state index in [1.165, 1.54) is 81.6 Å². The largest absolute Gasteiger partial charge is 1.00 e. The van der Waals surface area contributed by atoms with Gasteiger partial charge in [0.1, 0.15) is 6.29 Å². The molecule has 0 unspecified atom stereocenters. The molecule has 0 heterocycles. The van der Waals surface area contributed by atoms with E-state index in [4.69, 9.17) is 22.7 Å². The summed E-state index contributed by atoms with van der Waals surface area (Å²) in [5.74, 6) is 5.89. The van der Waals surface area contributed by atoms with Gasteiger partial charge < -0.3 is 48.1 Å². The van der Waals surface area contributed by atoms with Crippen LogP contribution in [0.4, 0.5) is 0 Å². The number of allylic oxidation sites excluding steroid dienone is 2. The van der Waals surface area contributed by atoms with Gasteiger partial charge in [0.05, 0.1) is 31.2 Å². The summed E-state index contributed by atoms with van der Waals surface area (Å²) >= 11 is 0. The average molecular weight is 1060 g/mol. The number of hydrogen-bond acceptors (Lipinski definition) is 10. The van der Waals surface area contributed by atoms with Crippen molar-refractivity contribution in [1.29, 1.82) is 5.26 Å². The smallest absolute Gasteiger partial charge is 0.512 e. The molecule has 76 heavy (non-hydrogen) atoms. The minimum Gasteiger partial charge on any atom is -0.512 e. The Hall–Kier alpha value is -1.52. The molecule has 12 heteroatoms. The Morgan fingerprint density at radius 3 is 1.39 bits per heavy atom. The molecule has 10 fully saturated rings. The summed E-state index contributed by atoms with van der Waals surface area (Å²) in [6, 6.07) is 0. The van der Waals surface area contributed by atoms with E-state index in [1.54, 1.807) is 0 Å². The fourth-order valence-corrected chi connectivity index (χ4v) is 23.3. The maximum absolute atomic E-state index is 12.6. The van der Waals surface area contributed by atoms with Crippen LogP contribution >= 0.6 is 0 Å². The van der Waals surface area contributed by atoms with Crippen molar-refractivity contribution >= 4 is 26.1 Å². The van der Waals surface area contributed by atoms with Gasteiger partial charge in [0.15, 0.2) is 0 Å². The van der Waals surface area contributed by atoms with Crippen LogP contribution in [0.3, 0.4) is 0 Å². The van der Waals surface area contributed by atoms with Gasteiger partial charge in [-0.2, -0.15) is 0 Å². The van der Waals surface area contributed by atoms with Crippen LogP contribution in [0.15, 0.2) is 34.6 Å². The van der Waals surface area contributed by atoms with Crippen LogP contribution in [0.1, 0.15) is 211 Å². The number of aliphatic hydroxyl groups excluding tert-OH is 3. The van der Waals surface area contributed by atoms with E-state index in [0.29, 0.717) is 70.1 Å². The molecule has 10 rings (SSSR count). The van der Waals surface area contributed by atoms with Crippen LogP contribution in [0.2, 0.25) is 0 Å². The maximum Gasteiger partial charge on any atom is 1.00 e. The van der Waals surface area contributed by atoms with Crippen molar-refractivity contribution in [2.24, 2.45) is 129 Å². The topological polar surface area (TPSA) is 193 Å². The van der Waals surface area contributed by atoms with E-state index in [1.807, 2.05) is 0 Å². The number of carbonyl (C=O) groups is 1. The number of carbonyl (C=O) groups excluding carboxylic acids is 1. The van der Waals surface area contributed by atoms with Gasteiger partial charge in [-0.3, -0.25) is 0 Å². The SMILES string of the molecule is C=C(C)[C@@H]1CC[C@]2(C=O)CC[C@]3(C)[C@H](CC[C@@H]4[C@@]5(C)CC/C(=N/O)[C@](C)(CO)[C@@H]5CC[C@]43C)[C@@H]12.C=C(C)[C@@H]1CC[C@]2(CC)CC[C@]3(C)[C@H](CC[C@@H]4[C@@]5(C)CC/C(=N/O)[C@](C)(CO)[C@@H]5CC[C@]43C)[C@@H]12.NCCO.[B].[C-]#N.[Na+]. The van der Waals surface area contributed by atoms with Crippen LogP contribution in [0.25, 0.3) is 0 Å². The van der Waals surface area contributed by atoms with Gasteiger partial charge in [-0.15, -0.1) is 0 Å². The number of rotatable bonds is 7. The number of nitrogens with zero attached hydrogens (tertiary/aromatic N) is 3. The maximum atomic E-state index is 12.6. The summed E-state index contributed by atoms with van der Waals surface area (Å²) in [5, 5.41) is 62.0. The molecule has 421 valence electrons. The van der Waals surface area contributed by atoms with Crippen molar-refractivity contribution in [2.45, 2.75) is 211 Å². The normalized spacial score (nSPS) is 50.2. The minimum absolute atomic E-state index is 0. The van der Waals surface area contributed by atoms with Gasteiger partial charge in [0, 0.05) is 31.2 Å². The molecule has 3 radical (unpaired) electrons. The third kappa shape index (κ3) is 9.12. The zero-order valence-electron chi connectivity index (χ0n) is 50.1. The van der Waals surface area contributed by atoms with Crippen LogP contribution < -0.4 is 35.3 Å². The Morgan fingerprint density at radius 1 is 0.605 bits per heavy atom. The minimum atomic E-state index is -0.434. The monoisotopic (exact) mass is 1060 g/mol. The molecular weight excluding hydrogens is 955 g/mol. The van der Waals surface area contributed by atoms with Crippen molar-refractivity contribution in [2.75, 3.05) is 26.4 Å². The van der Waals surface area contributed by atoms with Crippen molar-refractivity contribution < 1.29 is 60.1 Å². The summed E-state index contributed by atoms with van der Waals surface area (Å²) in [7, 11) is 0. The second-order valence-corrected chi connectivity index (χ2v) is 29.2. The van der Waals surface area contributed by atoms with E-state index in [-0.39, 0.29) is 90.3 Å². The molecule has 10 nitrogen and oxygen atoms in total. The van der Waals surface area contributed by atoms with Crippen LogP contribution in [-0.2, 0) is 4.79 Å².